The highest BCUT2D eigenvalue weighted by Gasteiger charge is 2.10. The Labute approximate surface area is 144 Å². The lowest BCUT2D eigenvalue weighted by Gasteiger charge is -2.12. The molecular formula is C18H19BrF2N2. The first-order valence-electron chi connectivity index (χ1n) is 7.38. The summed E-state index contributed by atoms with van der Waals surface area (Å²) < 4.78 is 28.2. The molecule has 5 heteroatoms. The average molecular weight is 381 g/mol. The number of benzene rings is 2. The van der Waals surface area contributed by atoms with Crippen molar-refractivity contribution in [2.45, 2.75) is 20.3 Å². The minimum atomic E-state index is -0.343. The molecule has 0 saturated carbocycles. The van der Waals surface area contributed by atoms with Crippen molar-refractivity contribution >= 4 is 28.0 Å². The zero-order chi connectivity index (χ0) is 17.0. The van der Waals surface area contributed by atoms with Gasteiger partial charge in [0.15, 0.2) is 0 Å². The van der Waals surface area contributed by atoms with Crippen molar-refractivity contribution < 1.29 is 8.78 Å². The van der Waals surface area contributed by atoms with Crippen LogP contribution in [0.25, 0.3) is 0 Å². The molecule has 0 atom stereocenters. The number of halogens is 3. The zero-order valence-corrected chi connectivity index (χ0v) is 15.0. The lowest BCUT2D eigenvalue weighted by Crippen LogP contribution is -2.14. The van der Waals surface area contributed by atoms with Crippen LogP contribution in [0.3, 0.4) is 0 Å². The summed E-state index contributed by atoms with van der Waals surface area (Å²) in [5, 5.41) is 0. The number of aliphatic imine (C=N–C) groups is 1. The molecule has 0 aliphatic rings. The van der Waals surface area contributed by atoms with Crippen molar-refractivity contribution in [3.8, 4) is 0 Å². The summed E-state index contributed by atoms with van der Waals surface area (Å²) in [6.07, 6.45) is 2.12. The molecule has 0 amide bonds. The molecule has 0 heterocycles. The summed E-state index contributed by atoms with van der Waals surface area (Å²) in [7, 11) is 1.91. The molecule has 0 N–H and O–H groups in total. The van der Waals surface area contributed by atoms with Gasteiger partial charge < -0.3 is 4.90 Å². The first-order valence-corrected chi connectivity index (χ1v) is 8.17. The van der Waals surface area contributed by atoms with Crippen molar-refractivity contribution in [3.63, 3.8) is 0 Å². The molecule has 0 saturated heterocycles. The van der Waals surface area contributed by atoms with E-state index in [1.54, 1.807) is 12.4 Å². The SMILES string of the molecule is CCN(C)/C=N\c1cc(F)cc(Cc2cc(F)ccc2Br)c1C. The van der Waals surface area contributed by atoms with Gasteiger partial charge in [-0.25, -0.2) is 13.8 Å². The zero-order valence-electron chi connectivity index (χ0n) is 13.4. The Morgan fingerprint density at radius 1 is 1.13 bits per heavy atom. The third-order valence-electron chi connectivity index (χ3n) is 3.73. The summed E-state index contributed by atoms with van der Waals surface area (Å²) in [5.41, 5.74) is 3.05. The van der Waals surface area contributed by atoms with Gasteiger partial charge in [0.25, 0.3) is 0 Å². The predicted octanol–water partition coefficient (Wildman–Crippen LogP) is 5.24. The lowest BCUT2D eigenvalue weighted by atomic mass is 9.99. The molecule has 0 radical (unpaired) electrons. The topological polar surface area (TPSA) is 15.6 Å². The van der Waals surface area contributed by atoms with Crippen molar-refractivity contribution in [2.24, 2.45) is 4.99 Å². The molecule has 2 aromatic carbocycles. The van der Waals surface area contributed by atoms with Gasteiger partial charge in [0.2, 0.25) is 0 Å². The van der Waals surface area contributed by atoms with E-state index < -0.39 is 0 Å². The van der Waals surface area contributed by atoms with Crippen molar-refractivity contribution in [1.82, 2.24) is 4.90 Å². The largest absolute Gasteiger partial charge is 0.366 e. The molecule has 2 rings (SSSR count). The van der Waals surface area contributed by atoms with Gasteiger partial charge in [-0.3, -0.25) is 0 Å². The smallest absolute Gasteiger partial charge is 0.125 e. The maximum Gasteiger partial charge on any atom is 0.125 e. The van der Waals surface area contributed by atoms with Gasteiger partial charge in [-0.15, -0.1) is 0 Å². The minimum absolute atomic E-state index is 0.305. The first kappa shape index (κ1) is 17.6. The summed E-state index contributed by atoms with van der Waals surface area (Å²) in [6, 6.07) is 7.41. The summed E-state index contributed by atoms with van der Waals surface area (Å²) in [6.45, 7) is 4.74. The van der Waals surface area contributed by atoms with Gasteiger partial charge in [0.1, 0.15) is 11.6 Å². The number of hydrogen-bond donors (Lipinski definition) is 0. The van der Waals surface area contributed by atoms with E-state index in [-0.39, 0.29) is 11.6 Å². The van der Waals surface area contributed by atoms with Crippen molar-refractivity contribution in [1.29, 1.82) is 0 Å². The van der Waals surface area contributed by atoms with Crippen LogP contribution in [0.15, 0.2) is 39.8 Å². The van der Waals surface area contributed by atoms with E-state index in [9.17, 15) is 8.78 Å². The predicted molar refractivity (Wildman–Crippen MR) is 94.5 cm³/mol. The Morgan fingerprint density at radius 2 is 1.83 bits per heavy atom. The highest BCUT2D eigenvalue weighted by Crippen LogP contribution is 2.28. The summed E-state index contributed by atoms with van der Waals surface area (Å²) in [4.78, 5) is 6.26. The van der Waals surface area contributed by atoms with E-state index in [1.165, 1.54) is 24.3 Å². The lowest BCUT2D eigenvalue weighted by molar-refractivity contribution is 0.552. The highest BCUT2D eigenvalue weighted by molar-refractivity contribution is 9.10. The van der Waals surface area contributed by atoms with Crippen LogP contribution in [0.2, 0.25) is 0 Å². The molecule has 23 heavy (non-hydrogen) atoms. The normalized spacial score (nSPS) is 11.2. The maximum absolute atomic E-state index is 13.9. The minimum Gasteiger partial charge on any atom is -0.366 e. The van der Waals surface area contributed by atoms with Crippen LogP contribution in [-0.2, 0) is 6.42 Å². The quantitative estimate of drug-likeness (QED) is 0.511. The number of nitrogens with zero attached hydrogens (tertiary/aromatic N) is 2. The van der Waals surface area contributed by atoms with Crippen LogP contribution >= 0.6 is 15.9 Å². The van der Waals surface area contributed by atoms with E-state index in [0.717, 1.165) is 27.7 Å². The Hall–Kier alpha value is -1.75. The first-order chi connectivity index (χ1) is 10.9. The number of hydrogen-bond acceptors (Lipinski definition) is 1. The van der Waals surface area contributed by atoms with E-state index in [0.29, 0.717) is 12.1 Å². The van der Waals surface area contributed by atoms with Crippen molar-refractivity contribution in [2.75, 3.05) is 13.6 Å². The van der Waals surface area contributed by atoms with E-state index >= 15 is 0 Å². The third kappa shape index (κ3) is 4.61. The van der Waals surface area contributed by atoms with E-state index in [4.69, 9.17) is 0 Å². The fraction of sp³-hybridized carbons (Fsp3) is 0.278. The average Bonchev–Trinajstić information content (AvgIpc) is 2.52. The molecule has 122 valence electrons. The van der Waals surface area contributed by atoms with Gasteiger partial charge in [0.05, 0.1) is 12.0 Å². The number of rotatable bonds is 5. The molecule has 0 unspecified atom stereocenters. The van der Waals surface area contributed by atoms with Crippen molar-refractivity contribution in [3.05, 3.63) is 63.1 Å². The molecule has 0 spiro atoms. The Kier molecular flexibility index (Phi) is 5.88. The molecular weight excluding hydrogens is 362 g/mol. The molecule has 0 aromatic heterocycles. The van der Waals surface area contributed by atoms with Gasteiger partial charge in [-0.2, -0.15) is 0 Å². The van der Waals surface area contributed by atoms with Gasteiger partial charge in [-0.05, 0) is 67.3 Å². The van der Waals surface area contributed by atoms with Crippen LogP contribution < -0.4 is 0 Å². The fourth-order valence-electron chi connectivity index (χ4n) is 2.16. The Balaban J connectivity index is 2.37. The second-order valence-corrected chi connectivity index (χ2v) is 6.29. The van der Waals surface area contributed by atoms with Crippen LogP contribution in [0.1, 0.15) is 23.6 Å². The van der Waals surface area contributed by atoms with E-state index in [1.807, 2.05) is 25.8 Å². The Morgan fingerprint density at radius 3 is 2.52 bits per heavy atom. The van der Waals surface area contributed by atoms with Crippen LogP contribution in [-0.4, -0.2) is 24.8 Å². The highest BCUT2D eigenvalue weighted by atomic mass is 79.9. The Bertz CT molecular complexity index is 729. The fourth-order valence-corrected chi connectivity index (χ4v) is 2.55. The van der Waals surface area contributed by atoms with Gasteiger partial charge in [-0.1, -0.05) is 15.9 Å². The molecule has 0 aliphatic carbocycles. The summed E-state index contributed by atoms with van der Waals surface area (Å²) in [5.74, 6) is -0.649. The second-order valence-electron chi connectivity index (χ2n) is 5.44. The van der Waals surface area contributed by atoms with Crippen LogP contribution in [0.5, 0.6) is 0 Å². The molecule has 2 nitrogen and oxygen atoms in total. The van der Waals surface area contributed by atoms with Gasteiger partial charge >= 0.3 is 0 Å². The van der Waals surface area contributed by atoms with Gasteiger partial charge in [0, 0.05) is 18.1 Å². The molecule has 0 fully saturated rings. The van der Waals surface area contributed by atoms with Crippen LogP contribution in [0.4, 0.5) is 14.5 Å². The molecule has 2 aromatic rings. The monoisotopic (exact) mass is 380 g/mol. The standard InChI is InChI=1S/C18H19BrF2N2/c1-4-23(3)11-22-18-10-16(21)8-13(12(18)2)7-14-9-15(20)5-6-17(14)19/h5-6,8-11H,4,7H2,1-3H3/b22-11-. The maximum atomic E-state index is 13.9. The third-order valence-corrected chi connectivity index (χ3v) is 4.51. The summed E-state index contributed by atoms with van der Waals surface area (Å²) >= 11 is 3.41. The van der Waals surface area contributed by atoms with E-state index in [2.05, 4.69) is 20.9 Å². The van der Waals surface area contributed by atoms with Crippen LogP contribution in [0, 0.1) is 18.6 Å². The molecule has 0 bridgehead atoms. The molecule has 0 aliphatic heterocycles. The second kappa shape index (κ2) is 7.68.